The number of carbonyl (C=O) groups excluding carboxylic acids is 1. The molecule has 1 amide bonds. The first-order valence-electron chi connectivity index (χ1n) is 12.2. The molecule has 3 atom stereocenters. The lowest BCUT2D eigenvalue weighted by Crippen LogP contribution is -2.39. The predicted molar refractivity (Wildman–Crippen MR) is 144 cm³/mol. The van der Waals surface area contributed by atoms with Crippen molar-refractivity contribution in [3.05, 3.63) is 57.6 Å². The number of nitrogens with one attached hydrogen (secondary N) is 1. The van der Waals surface area contributed by atoms with Crippen LogP contribution in [0.1, 0.15) is 70.6 Å². The minimum Gasteiger partial charge on any atom is -0.485 e. The van der Waals surface area contributed by atoms with Crippen molar-refractivity contribution in [1.82, 2.24) is 5.32 Å². The van der Waals surface area contributed by atoms with Crippen molar-refractivity contribution >= 4 is 39.1 Å². The SMILES string of the molecule is CCC[C@H](CC[C@H]1Cc2c(Cl)cc(Cl)cc2[C@@H]1Oc1ccc(S(C)(=O)=O)cc1)NC(=O)OC(C)(C)C. The van der Waals surface area contributed by atoms with Crippen LogP contribution in [0.3, 0.4) is 0 Å². The smallest absolute Gasteiger partial charge is 0.407 e. The van der Waals surface area contributed by atoms with Crippen LogP contribution in [0.15, 0.2) is 41.3 Å². The molecule has 0 radical (unpaired) electrons. The summed E-state index contributed by atoms with van der Waals surface area (Å²) in [7, 11) is -3.30. The molecule has 0 unspecified atom stereocenters. The highest BCUT2D eigenvalue weighted by Gasteiger charge is 2.36. The molecule has 6 nitrogen and oxygen atoms in total. The number of carbonyl (C=O) groups is 1. The number of amides is 1. The van der Waals surface area contributed by atoms with Gasteiger partial charge in [-0.2, -0.15) is 0 Å². The van der Waals surface area contributed by atoms with Crippen molar-refractivity contribution in [3.63, 3.8) is 0 Å². The Morgan fingerprint density at radius 3 is 2.39 bits per heavy atom. The van der Waals surface area contributed by atoms with Crippen LogP contribution in [0.4, 0.5) is 4.79 Å². The van der Waals surface area contributed by atoms with E-state index in [-0.39, 0.29) is 23.0 Å². The zero-order valence-corrected chi connectivity index (χ0v) is 23.8. The van der Waals surface area contributed by atoms with Gasteiger partial charge in [-0.3, -0.25) is 0 Å². The highest BCUT2D eigenvalue weighted by Crippen LogP contribution is 2.45. The second kappa shape index (κ2) is 11.6. The third-order valence-corrected chi connectivity index (χ3v) is 7.84. The number of hydrogen-bond acceptors (Lipinski definition) is 5. The van der Waals surface area contributed by atoms with Gasteiger partial charge in [0.25, 0.3) is 0 Å². The van der Waals surface area contributed by atoms with Gasteiger partial charge in [0.15, 0.2) is 9.84 Å². The quantitative estimate of drug-likeness (QED) is 0.354. The molecule has 198 valence electrons. The summed E-state index contributed by atoms with van der Waals surface area (Å²) in [6, 6.07) is 10.0. The highest BCUT2D eigenvalue weighted by atomic mass is 35.5. The summed E-state index contributed by atoms with van der Waals surface area (Å²) in [6.45, 7) is 7.62. The fourth-order valence-electron chi connectivity index (χ4n) is 4.57. The van der Waals surface area contributed by atoms with E-state index in [2.05, 4.69) is 12.2 Å². The van der Waals surface area contributed by atoms with Gasteiger partial charge in [-0.1, -0.05) is 36.5 Å². The van der Waals surface area contributed by atoms with Crippen LogP contribution in [0.2, 0.25) is 10.0 Å². The van der Waals surface area contributed by atoms with E-state index in [0.717, 1.165) is 43.2 Å². The zero-order chi connectivity index (χ0) is 26.7. The normalized spacial score (nSPS) is 18.4. The molecule has 0 bridgehead atoms. The van der Waals surface area contributed by atoms with E-state index >= 15 is 0 Å². The molecule has 0 saturated carbocycles. The van der Waals surface area contributed by atoms with Crippen molar-refractivity contribution in [1.29, 1.82) is 0 Å². The lowest BCUT2D eigenvalue weighted by atomic mass is 9.93. The Labute approximate surface area is 224 Å². The lowest BCUT2D eigenvalue weighted by molar-refractivity contribution is 0.0494. The first-order chi connectivity index (χ1) is 16.8. The third-order valence-electron chi connectivity index (χ3n) is 6.15. The molecule has 36 heavy (non-hydrogen) atoms. The summed E-state index contributed by atoms with van der Waals surface area (Å²) in [5.41, 5.74) is 1.39. The van der Waals surface area contributed by atoms with Crippen molar-refractivity contribution in [2.24, 2.45) is 5.92 Å². The molecule has 0 spiro atoms. The summed E-state index contributed by atoms with van der Waals surface area (Å²) in [4.78, 5) is 12.6. The molecule has 0 fully saturated rings. The second-order valence-corrected chi connectivity index (χ2v) is 13.3. The number of benzene rings is 2. The Balaban J connectivity index is 1.79. The third kappa shape index (κ3) is 7.77. The minimum atomic E-state index is -3.30. The Morgan fingerprint density at radius 2 is 1.81 bits per heavy atom. The number of rotatable bonds is 9. The molecule has 9 heteroatoms. The molecule has 1 aliphatic rings. The minimum absolute atomic E-state index is 0.0256. The summed E-state index contributed by atoms with van der Waals surface area (Å²) >= 11 is 12.9. The van der Waals surface area contributed by atoms with Crippen molar-refractivity contribution < 1.29 is 22.7 Å². The van der Waals surface area contributed by atoms with Gasteiger partial charge in [0, 0.05) is 28.3 Å². The molecular weight excluding hydrogens is 521 g/mol. The van der Waals surface area contributed by atoms with E-state index in [1.54, 1.807) is 30.3 Å². The van der Waals surface area contributed by atoms with Gasteiger partial charge in [0.05, 0.1) is 4.90 Å². The zero-order valence-electron chi connectivity index (χ0n) is 21.4. The average Bonchev–Trinajstić information content (AvgIpc) is 3.08. The molecular formula is C27H35Cl2NO5S. The van der Waals surface area contributed by atoms with Gasteiger partial charge < -0.3 is 14.8 Å². The second-order valence-electron chi connectivity index (χ2n) is 10.4. The maximum atomic E-state index is 12.4. The van der Waals surface area contributed by atoms with Crippen LogP contribution in [-0.4, -0.2) is 32.4 Å². The fourth-order valence-corrected chi connectivity index (χ4v) is 5.78. The summed E-state index contributed by atoms with van der Waals surface area (Å²) in [5, 5.41) is 4.17. The maximum absolute atomic E-state index is 12.4. The van der Waals surface area contributed by atoms with E-state index in [0.29, 0.717) is 15.8 Å². The fraction of sp³-hybridized carbons (Fsp3) is 0.519. The largest absolute Gasteiger partial charge is 0.485 e. The Kier molecular flexibility index (Phi) is 9.23. The molecule has 2 aromatic carbocycles. The van der Waals surface area contributed by atoms with Gasteiger partial charge in [0.1, 0.15) is 17.5 Å². The molecule has 0 aliphatic heterocycles. The van der Waals surface area contributed by atoms with Crippen LogP contribution >= 0.6 is 23.2 Å². The van der Waals surface area contributed by atoms with E-state index < -0.39 is 21.5 Å². The highest BCUT2D eigenvalue weighted by molar-refractivity contribution is 7.90. The predicted octanol–water partition coefficient (Wildman–Crippen LogP) is 7.16. The number of alkyl carbamates (subject to hydrolysis) is 1. The van der Waals surface area contributed by atoms with Gasteiger partial charge in [-0.05, 0) is 94.0 Å². The van der Waals surface area contributed by atoms with Crippen LogP contribution in [0.5, 0.6) is 5.75 Å². The topological polar surface area (TPSA) is 81.7 Å². The number of sulfone groups is 1. The molecule has 2 aromatic rings. The van der Waals surface area contributed by atoms with Crippen LogP contribution < -0.4 is 10.1 Å². The first-order valence-corrected chi connectivity index (χ1v) is 14.9. The number of halogens is 2. The van der Waals surface area contributed by atoms with Crippen LogP contribution in [0, 0.1) is 5.92 Å². The Morgan fingerprint density at radius 1 is 1.14 bits per heavy atom. The van der Waals surface area contributed by atoms with Crippen molar-refractivity contribution in [2.75, 3.05) is 6.26 Å². The van der Waals surface area contributed by atoms with Gasteiger partial charge in [-0.15, -0.1) is 0 Å². The lowest BCUT2D eigenvalue weighted by Gasteiger charge is -2.26. The Hall–Kier alpha value is -1.96. The number of ether oxygens (including phenoxy) is 2. The average molecular weight is 557 g/mol. The summed E-state index contributed by atoms with van der Waals surface area (Å²) < 4.78 is 35.5. The summed E-state index contributed by atoms with van der Waals surface area (Å²) in [6.07, 6.45) is 4.49. The molecule has 1 N–H and O–H groups in total. The van der Waals surface area contributed by atoms with E-state index in [1.807, 2.05) is 26.8 Å². The number of hydrogen-bond donors (Lipinski definition) is 1. The molecule has 1 aliphatic carbocycles. The standard InChI is InChI=1S/C27H35Cl2NO5S/c1-6-7-19(30-26(31)35-27(2,3)4)9-8-17-14-22-23(15-18(28)16-24(22)29)25(17)34-20-10-12-21(13-11-20)36(5,32)33/h10-13,15-17,19,25H,6-9,14H2,1-5H3,(H,30,31)/t17-,19+,25+/m0/s1. The van der Waals surface area contributed by atoms with E-state index in [4.69, 9.17) is 32.7 Å². The first kappa shape index (κ1) is 28.6. The van der Waals surface area contributed by atoms with E-state index in [9.17, 15) is 13.2 Å². The molecule has 0 saturated heterocycles. The summed E-state index contributed by atoms with van der Waals surface area (Å²) in [5.74, 6) is 0.670. The van der Waals surface area contributed by atoms with E-state index in [1.165, 1.54) is 6.26 Å². The van der Waals surface area contributed by atoms with Crippen molar-refractivity contribution in [3.8, 4) is 5.75 Å². The monoisotopic (exact) mass is 555 g/mol. The maximum Gasteiger partial charge on any atom is 0.407 e. The van der Waals surface area contributed by atoms with Crippen LogP contribution in [-0.2, 0) is 21.0 Å². The molecule has 0 aromatic heterocycles. The van der Waals surface area contributed by atoms with Crippen LogP contribution in [0.25, 0.3) is 0 Å². The van der Waals surface area contributed by atoms with Gasteiger partial charge >= 0.3 is 6.09 Å². The van der Waals surface area contributed by atoms with Crippen molar-refractivity contribution in [2.45, 2.75) is 82.4 Å². The molecule has 0 heterocycles. The number of fused-ring (bicyclic) bond motifs is 1. The Bertz CT molecular complexity index is 1180. The molecule has 3 rings (SSSR count). The van der Waals surface area contributed by atoms with Gasteiger partial charge in [-0.25, -0.2) is 13.2 Å². The van der Waals surface area contributed by atoms with Gasteiger partial charge in [0.2, 0.25) is 0 Å².